The monoisotopic (exact) mass is 205 g/mol. The predicted molar refractivity (Wildman–Crippen MR) is 56.2 cm³/mol. The topological polar surface area (TPSA) is 64.7 Å². The summed E-state index contributed by atoms with van der Waals surface area (Å²) in [6, 6.07) is 0. The van der Waals surface area contributed by atoms with Gasteiger partial charge in [0.25, 0.3) is 0 Å². The molecular formula is C10H23NO3. The van der Waals surface area contributed by atoms with Crippen molar-refractivity contribution in [1.29, 1.82) is 0 Å². The SMILES string of the molecule is COCC(C)OCCCC(C)(N)CO. The van der Waals surface area contributed by atoms with Crippen LogP contribution in [0.4, 0.5) is 0 Å². The van der Waals surface area contributed by atoms with Gasteiger partial charge >= 0.3 is 0 Å². The van der Waals surface area contributed by atoms with Gasteiger partial charge in [0.05, 0.1) is 19.3 Å². The average molecular weight is 205 g/mol. The second-order valence-electron chi connectivity index (χ2n) is 4.05. The maximum Gasteiger partial charge on any atom is 0.0780 e. The molecule has 0 amide bonds. The van der Waals surface area contributed by atoms with Crippen LogP contribution < -0.4 is 5.73 Å². The van der Waals surface area contributed by atoms with Crippen LogP contribution in [0, 0.1) is 0 Å². The zero-order valence-corrected chi connectivity index (χ0v) is 9.45. The molecule has 2 unspecified atom stereocenters. The number of rotatable bonds is 8. The Morgan fingerprint density at radius 3 is 2.64 bits per heavy atom. The lowest BCUT2D eigenvalue weighted by Crippen LogP contribution is -2.40. The first-order chi connectivity index (χ1) is 6.52. The van der Waals surface area contributed by atoms with Gasteiger partial charge in [-0.15, -0.1) is 0 Å². The molecule has 0 aliphatic rings. The van der Waals surface area contributed by atoms with Crippen LogP contribution in [0.2, 0.25) is 0 Å². The van der Waals surface area contributed by atoms with Crippen LogP contribution in [0.25, 0.3) is 0 Å². The fourth-order valence-electron chi connectivity index (χ4n) is 1.12. The van der Waals surface area contributed by atoms with Gasteiger partial charge < -0.3 is 20.3 Å². The second-order valence-corrected chi connectivity index (χ2v) is 4.05. The Bertz CT molecular complexity index is 139. The number of ether oxygens (including phenoxy) is 2. The van der Waals surface area contributed by atoms with Gasteiger partial charge in [0.2, 0.25) is 0 Å². The summed E-state index contributed by atoms with van der Waals surface area (Å²) in [6.45, 7) is 5.10. The molecule has 0 bridgehead atoms. The van der Waals surface area contributed by atoms with Gasteiger partial charge in [0.1, 0.15) is 0 Å². The Kier molecular flexibility index (Phi) is 7.09. The van der Waals surface area contributed by atoms with E-state index in [0.717, 1.165) is 12.8 Å². The Morgan fingerprint density at radius 1 is 1.50 bits per heavy atom. The lowest BCUT2D eigenvalue weighted by Gasteiger charge is -2.21. The van der Waals surface area contributed by atoms with E-state index in [1.54, 1.807) is 7.11 Å². The van der Waals surface area contributed by atoms with E-state index < -0.39 is 5.54 Å². The molecule has 4 heteroatoms. The van der Waals surface area contributed by atoms with Crippen molar-refractivity contribution in [2.24, 2.45) is 5.73 Å². The molecule has 0 saturated heterocycles. The minimum Gasteiger partial charge on any atom is -0.394 e. The van der Waals surface area contributed by atoms with Crippen LogP contribution in [0.1, 0.15) is 26.7 Å². The molecular weight excluding hydrogens is 182 g/mol. The van der Waals surface area contributed by atoms with E-state index in [2.05, 4.69) is 0 Å². The Morgan fingerprint density at radius 2 is 2.14 bits per heavy atom. The zero-order chi connectivity index (χ0) is 11.0. The third-order valence-electron chi connectivity index (χ3n) is 2.06. The molecule has 86 valence electrons. The Balaban J connectivity index is 3.37. The first kappa shape index (κ1) is 13.8. The number of hydrogen-bond acceptors (Lipinski definition) is 4. The van der Waals surface area contributed by atoms with Crippen molar-refractivity contribution in [3.8, 4) is 0 Å². The summed E-state index contributed by atoms with van der Waals surface area (Å²) < 4.78 is 10.4. The summed E-state index contributed by atoms with van der Waals surface area (Å²) in [5.74, 6) is 0. The highest BCUT2D eigenvalue weighted by molar-refractivity contribution is 4.76. The highest BCUT2D eigenvalue weighted by atomic mass is 16.5. The summed E-state index contributed by atoms with van der Waals surface area (Å²) in [7, 11) is 1.66. The number of methoxy groups -OCH3 is 1. The first-order valence-corrected chi connectivity index (χ1v) is 5.02. The molecule has 4 nitrogen and oxygen atoms in total. The second kappa shape index (κ2) is 7.17. The van der Waals surface area contributed by atoms with Crippen LogP contribution in [-0.2, 0) is 9.47 Å². The van der Waals surface area contributed by atoms with Crippen molar-refractivity contribution in [3.63, 3.8) is 0 Å². The van der Waals surface area contributed by atoms with Crippen molar-refractivity contribution < 1.29 is 14.6 Å². The quantitative estimate of drug-likeness (QED) is 0.567. The van der Waals surface area contributed by atoms with E-state index >= 15 is 0 Å². The zero-order valence-electron chi connectivity index (χ0n) is 9.45. The van der Waals surface area contributed by atoms with E-state index in [1.807, 2.05) is 13.8 Å². The third kappa shape index (κ3) is 7.26. The minimum absolute atomic E-state index is 0.0145. The maximum absolute atomic E-state index is 8.90. The van der Waals surface area contributed by atoms with Crippen molar-refractivity contribution in [2.45, 2.75) is 38.3 Å². The van der Waals surface area contributed by atoms with E-state index in [9.17, 15) is 0 Å². The van der Waals surface area contributed by atoms with E-state index in [1.165, 1.54) is 0 Å². The van der Waals surface area contributed by atoms with Crippen LogP contribution in [0.5, 0.6) is 0 Å². The fourth-order valence-corrected chi connectivity index (χ4v) is 1.12. The lowest BCUT2D eigenvalue weighted by molar-refractivity contribution is 0.00561. The lowest BCUT2D eigenvalue weighted by atomic mass is 9.99. The van der Waals surface area contributed by atoms with Gasteiger partial charge in [-0.25, -0.2) is 0 Å². The van der Waals surface area contributed by atoms with Gasteiger partial charge in [-0.2, -0.15) is 0 Å². The van der Waals surface area contributed by atoms with E-state index in [4.69, 9.17) is 20.3 Å². The molecule has 0 aliphatic carbocycles. The summed E-state index contributed by atoms with van der Waals surface area (Å²) in [5.41, 5.74) is 5.28. The average Bonchev–Trinajstić information content (AvgIpc) is 2.13. The highest BCUT2D eigenvalue weighted by Gasteiger charge is 2.16. The molecule has 0 aromatic carbocycles. The van der Waals surface area contributed by atoms with Gasteiger partial charge in [-0.1, -0.05) is 0 Å². The number of nitrogens with two attached hydrogens (primary N) is 1. The molecule has 0 aromatic heterocycles. The largest absolute Gasteiger partial charge is 0.394 e. The fraction of sp³-hybridized carbons (Fsp3) is 1.00. The van der Waals surface area contributed by atoms with Gasteiger partial charge in [0.15, 0.2) is 0 Å². The summed E-state index contributed by atoms with van der Waals surface area (Å²) in [4.78, 5) is 0. The molecule has 0 radical (unpaired) electrons. The van der Waals surface area contributed by atoms with E-state index in [-0.39, 0.29) is 12.7 Å². The first-order valence-electron chi connectivity index (χ1n) is 5.02. The van der Waals surface area contributed by atoms with Crippen LogP contribution in [0.15, 0.2) is 0 Å². The molecule has 0 saturated carbocycles. The number of aliphatic hydroxyl groups is 1. The van der Waals surface area contributed by atoms with Crippen LogP contribution >= 0.6 is 0 Å². The summed E-state index contributed by atoms with van der Waals surface area (Å²) in [5, 5.41) is 8.90. The standard InChI is InChI=1S/C10H23NO3/c1-9(7-13-3)14-6-4-5-10(2,11)8-12/h9,12H,4-8,11H2,1-3H3. The van der Waals surface area contributed by atoms with Gasteiger partial charge in [0, 0.05) is 19.3 Å². The molecule has 0 aromatic rings. The Labute approximate surface area is 86.4 Å². The molecule has 0 rings (SSSR count). The molecule has 14 heavy (non-hydrogen) atoms. The summed E-state index contributed by atoms with van der Waals surface area (Å²) >= 11 is 0. The van der Waals surface area contributed by atoms with Crippen LogP contribution in [-0.4, -0.2) is 43.7 Å². The molecule has 3 N–H and O–H groups in total. The molecule has 0 spiro atoms. The number of aliphatic hydroxyl groups excluding tert-OH is 1. The normalized spacial score (nSPS) is 17.8. The molecule has 2 atom stereocenters. The maximum atomic E-state index is 8.90. The van der Waals surface area contributed by atoms with Crippen LogP contribution in [0.3, 0.4) is 0 Å². The smallest absolute Gasteiger partial charge is 0.0780 e. The molecule has 0 aliphatic heterocycles. The van der Waals surface area contributed by atoms with E-state index in [0.29, 0.717) is 13.2 Å². The highest BCUT2D eigenvalue weighted by Crippen LogP contribution is 2.08. The van der Waals surface area contributed by atoms with Crippen molar-refractivity contribution >= 4 is 0 Å². The van der Waals surface area contributed by atoms with Crippen molar-refractivity contribution in [2.75, 3.05) is 26.9 Å². The molecule has 0 fully saturated rings. The number of hydrogen-bond donors (Lipinski definition) is 2. The van der Waals surface area contributed by atoms with Crippen molar-refractivity contribution in [1.82, 2.24) is 0 Å². The van der Waals surface area contributed by atoms with Crippen molar-refractivity contribution in [3.05, 3.63) is 0 Å². The summed E-state index contributed by atoms with van der Waals surface area (Å²) in [6.07, 6.45) is 1.75. The predicted octanol–water partition coefficient (Wildman–Crippen LogP) is 0.528. The van der Waals surface area contributed by atoms with Gasteiger partial charge in [-0.05, 0) is 26.7 Å². The Hall–Kier alpha value is -0.160. The minimum atomic E-state index is -0.478. The third-order valence-corrected chi connectivity index (χ3v) is 2.06. The molecule has 0 heterocycles. The van der Waals surface area contributed by atoms with Gasteiger partial charge in [-0.3, -0.25) is 0 Å².